The van der Waals surface area contributed by atoms with Gasteiger partial charge in [0.25, 0.3) is 0 Å². The van der Waals surface area contributed by atoms with Crippen LogP contribution in [0, 0.1) is 19.3 Å². The van der Waals surface area contributed by atoms with Crippen molar-refractivity contribution in [2.45, 2.75) is 26.7 Å². The summed E-state index contributed by atoms with van der Waals surface area (Å²) in [5.74, 6) is -0.757. The Labute approximate surface area is 210 Å². The number of ether oxygens (including phenoxy) is 3. The van der Waals surface area contributed by atoms with Crippen molar-refractivity contribution in [1.82, 2.24) is 0 Å². The Kier molecular flexibility index (Phi) is 13.1. The molecule has 0 unspecified atom stereocenters. The minimum atomic E-state index is -0.387. The van der Waals surface area contributed by atoms with Gasteiger partial charge in [-0.3, -0.25) is 5.41 Å². The van der Waals surface area contributed by atoms with Gasteiger partial charge in [-0.25, -0.2) is 9.59 Å². The maximum absolute atomic E-state index is 11.3. The van der Waals surface area contributed by atoms with E-state index in [4.69, 9.17) is 28.1 Å². The van der Waals surface area contributed by atoms with Crippen molar-refractivity contribution in [3.63, 3.8) is 0 Å². The zero-order valence-corrected chi connectivity index (χ0v) is 21.9. The lowest BCUT2D eigenvalue weighted by atomic mass is 10.1. The largest absolute Gasteiger partial charge is 0.465 e. The van der Waals surface area contributed by atoms with Crippen LogP contribution in [0.25, 0.3) is 0 Å². The third-order valence-corrected chi connectivity index (χ3v) is 5.71. The molecule has 1 fully saturated rings. The number of carbonyl (C=O) groups is 2. The molecule has 0 aromatic heterocycles. The lowest BCUT2D eigenvalue weighted by Gasteiger charge is -2.07. The number of hydrogen-bond acceptors (Lipinski definition) is 8. The zero-order chi connectivity index (χ0) is 25.7. The van der Waals surface area contributed by atoms with Gasteiger partial charge in [0.1, 0.15) is 4.99 Å². The van der Waals surface area contributed by atoms with Gasteiger partial charge in [0.05, 0.1) is 30.4 Å². The predicted molar refractivity (Wildman–Crippen MR) is 141 cm³/mol. The molecule has 1 aliphatic rings. The monoisotopic (exact) mass is 504 g/mol. The van der Waals surface area contributed by atoms with Crippen LogP contribution in [0.5, 0.6) is 0 Å². The Hall–Kier alpha value is -2.75. The molecule has 3 rings (SSSR count). The van der Waals surface area contributed by atoms with Crippen molar-refractivity contribution in [2.24, 2.45) is 5.73 Å². The molecular weight excluding hydrogens is 472 g/mol. The molecule has 0 radical (unpaired) electrons. The first-order chi connectivity index (χ1) is 16.2. The van der Waals surface area contributed by atoms with E-state index in [0.29, 0.717) is 21.7 Å². The van der Waals surface area contributed by atoms with Crippen molar-refractivity contribution in [1.29, 1.82) is 5.41 Å². The number of aryl methyl sites for hydroxylation is 2. The zero-order valence-electron chi connectivity index (χ0n) is 20.2. The van der Waals surface area contributed by atoms with E-state index < -0.39 is 0 Å². The molecule has 34 heavy (non-hydrogen) atoms. The Morgan fingerprint density at radius 3 is 1.74 bits per heavy atom. The summed E-state index contributed by atoms with van der Waals surface area (Å²) in [6, 6.07) is 10.3. The van der Waals surface area contributed by atoms with Crippen LogP contribution in [0.15, 0.2) is 36.4 Å². The first-order valence-electron chi connectivity index (χ1n) is 10.5. The normalized spacial score (nSPS) is 11.8. The molecular formula is C25H32N2O5S2. The van der Waals surface area contributed by atoms with Crippen LogP contribution in [0.4, 0.5) is 0 Å². The van der Waals surface area contributed by atoms with Gasteiger partial charge >= 0.3 is 11.9 Å². The highest BCUT2D eigenvalue weighted by molar-refractivity contribution is 8.13. The summed E-state index contributed by atoms with van der Waals surface area (Å²) in [6.07, 6.45) is 4.40. The first-order valence-corrected chi connectivity index (χ1v) is 12.2. The average Bonchev–Trinajstić information content (AvgIpc) is 3.44. The average molecular weight is 505 g/mol. The Morgan fingerprint density at radius 2 is 1.38 bits per heavy atom. The molecule has 0 spiro atoms. The first kappa shape index (κ1) is 29.3. The summed E-state index contributed by atoms with van der Waals surface area (Å²) in [5, 5.41) is 8.18. The van der Waals surface area contributed by atoms with Crippen LogP contribution >= 0.6 is 24.0 Å². The summed E-state index contributed by atoms with van der Waals surface area (Å²) in [4.78, 5) is 22.8. The van der Waals surface area contributed by atoms with Crippen LogP contribution in [0.1, 0.15) is 55.8 Å². The fraction of sp³-hybridized carbons (Fsp3) is 0.360. The molecule has 0 amide bonds. The molecule has 0 aliphatic carbocycles. The van der Waals surface area contributed by atoms with Gasteiger partial charge in [0, 0.05) is 24.3 Å². The maximum atomic E-state index is 11.3. The highest BCUT2D eigenvalue weighted by Crippen LogP contribution is 2.17. The van der Waals surface area contributed by atoms with Gasteiger partial charge in [0.2, 0.25) is 0 Å². The lowest BCUT2D eigenvalue weighted by Crippen LogP contribution is -2.13. The number of hydrogen-bond donors (Lipinski definition) is 2. The second-order valence-electron chi connectivity index (χ2n) is 7.26. The molecule has 0 bridgehead atoms. The third-order valence-electron chi connectivity index (χ3n) is 4.86. The Morgan fingerprint density at radius 1 is 0.941 bits per heavy atom. The Bertz CT molecular complexity index is 1010. The van der Waals surface area contributed by atoms with E-state index in [-0.39, 0.29) is 16.9 Å². The number of thiocarbonyl (C=S) groups is 1. The number of methoxy groups -OCH3 is 2. The summed E-state index contributed by atoms with van der Waals surface area (Å²) in [6.45, 7) is 5.80. The van der Waals surface area contributed by atoms with E-state index in [1.54, 1.807) is 30.3 Å². The fourth-order valence-corrected chi connectivity index (χ4v) is 3.52. The van der Waals surface area contributed by atoms with Crippen molar-refractivity contribution >= 4 is 46.0 Å². The molecule has 1 saturated heterocycles. The van der Waals surface area contributed by atoms with Crippen molar-refractivity contribution in [3.05, 3.63) is 69.8 Å². The van der Waals surface area contributed by atoms with E-state index in [0.717, 1.165) is 29.9 Å². The SMILES string of the molecule is C1CCOC1.COC(=O)c1ccc(C)c(C(=N)SC)c1.COC(=O)c1ccc(C)c(C(N)=S)c1. The smallest absolute Gasteiger partial charge is 0.337 e. The van der Waals surface area contributed by atoms with Gasteiger partial charge in [-0.15, -0.1) is 11.8 Å². The summed E-state index contributed by atoms with van der Waals surface area (Å²) in [5.41, 5.74) is 9.88. The number of nitrogens with one attached hydrogen (secondary N) is 1. The second kappa shape index (κ2) is 15.2. The van der Waals surface area contributed by atoms with Gasteiger partial charge in [-0.2, -0.15) is 0 Å². The van der Waals surface area contributed by atoms with Crippen molar-refractivity contribution in [2.75, 3.05) is 33.7 Å². The third kappa shape index (κ3) is 9.24. The number of nitrogens with two attached hydrogens (primary N) is 1. The second-order valence-corrected chi connectivity index (χ2v) is 8.52. The number of rotatable bonds is 4. The molecule has 0 saturated carbocycles. The Balaban J connectivity index is 0.000000283. The maximum Gasteiger partial charge on any atom is 0.337 e. The van der Waals surface area contributed by atoms with Gasteiger partial charge in [0.15, 0.2) is 0 Å². The number of esters is 2. The van der Waals surface area contributed by atoms with E-state index in [1.165, 1.54) is 38.8 Å². The molecule has 3 N–H and O–H groups in total. The standard InChI is InChI=1S/C11H13NO2S.C10H11NO2S.C4H8O/c1-7-4-5-8(11(13)14-2)6-9(7)10(12)15-3;1-6-3-4-7(10(12)13-2)5-8(6)9(11)14;1-2-4-5-3-1/h4-6,12H,1-3H3;3-5H,1-2H3,(H2,11,14);1-4H2. The fourth-order valence-electron chi connectivity index (χ4n) is 2.86. The molecule has 1 heterocycles. The topological polar surface area (TPSA) is 112 Å². The van der Waals surface area contributed by atoms with Crippen LogP contribution in [0.3, 0.4) is 0 Å². The molecule has 0 atom stereocenters. The highest BCUT2D eigenvalue weighted by atomic mass is 32.2. The summed E-state index contributed by atoms with van der Waals surface area (Å²) >= 11 is 6.21. The lowest BCUT2D eigenvalue weighted by molar-refractivity contribution is 0.0592. The predicted octanol–water partition coefficient (Wildman–Crippen LogP) is 4.68. The van der Waals surface area contributed by atoms with Crippen LogP contribution in [-0.2, 0) is 14.2 Å². The van der Waals surface area contributed by atoms with Gasteiger partial charge < -0.3 is 19.9 Å². The summed E-state index contributed by atoms with van der Waals surface area (Å²) < 4.78 is 14.2. The molecule has 1 aliphatic heterocycles. The number of carbonyl (C=O) groups excluding carboxylic acids is 2. The van der Waals surface area contributed by atoms with E-state index in [9.17, 15) is 9.59 Å². The van der Waals surface area contributed by atoms with Crippen LogP contribution in [0.2, 0.25) is 0 Å². The minimum Gasteiger partial charge on any atom is -0.465 e. The molecule has 7 nitrogen and oxygen atoms in total. The van der Waals surface area contributed by atoms with Crippen molar-refractivity contribution < 1.29 is 23.8 Å². The van der Waals surface area contributed by atoms with Crippen LogP contribution in [-0.4, -0.2) is 55.7 Å². The van der Waals surface area contributed by atoms with Crippen molar-refractivity contribution in [3.8, 4) is 0 Å². The van der Waals surface area contributed by atoms with Crippen LogP contribution < -0.4 is 5.73 Å². The van der Waals surface area contributed by atoms with E-state index in [1.807, 2.05) is 26.2 Å². The van der Waals surface area contributed by atoms with Gasteiger partial charge in [-0.05, 0) is 68.3 Å². The van der Waals surface area contributed by atoms with E-state index in [2.05, 4.69) is 9.47 Å². The molecule has 9 heteroatoms. The number of benzene rings is 2. The van der Waals surface area contributed by atoms with E-state index >= 15 is 0 Å². The number of thioether (sulfide) groups is 1. The van der Waals surface area contributed by atoms with Gasteiger partial charge in [-0.1, -0.05) is 24.4 Å². The molecule has 2 aromatic carbocycles. The highest BCUT2D eigenvalue weighted by Gasteiger charge is 2.10. The minimum absolute atomic E-state index is 0.285. The summed E-state index contributed by atoms with van der Waals surface area (Å²) in [7, 11) is 2.68. The molecule has 2 aromatic rings. The molecule has 184 valence electrons. The quantitative estimate of drug-likeness (QED) is 0.267.